The molecular weight excluding hydrogens is 340 g/mol. The largest absolute Gasteiger partial charge is 0.316 e. The van der Waals surface area contributed by atoms with E-state index >= 15 is 0 Å². The number of rotatable bonds is 3. The summed E-state index contributed by atoms with van der Waals surface area (Å²) in [6.45, 7) is 8.72. The summed E-state index contributed by atoms with van der Waals surface area (Å²) in [5.41, 5.74) is 4.43. The second-order valence-corrected chi connectivity index (χ2v) is 8.53. The van der Waals surface area contributed by atoms with Crippen molar-refractivity contribution in [2.45, 2.75) is 39.1 Å². The average molecular weight is 361 g/mol. The van der Waals surface area contributed by atoms with Gasteiger partial charge in [0.1, 0.15) is 0 Å². The molecular formula is C18H20N2O2S2. The van der Waals surface area contributed by atoms with E-state index < -0.39 is 10.0 Å². The lowest BCUT2D eigenvalue weighted by molar-refractivity contribution is 0.595. The summed E-state index contributed by atoms with van der Waals surface area (Å²) in [7, 11) is -3.72. The second-order valence-electron chi connectivity index (χ2n) is 5.91. The number of aryl methyl sites for hydroxylation is 4. The first kappa shape index (κ1) is 16.9. The van der Waals surface area contributed by atoms with Gasteiger partial charge < -0.3 is 4.57 Å². The monoisotopic (exact) mass is 360 g/mol. The van der Waals surface area contributed by atoms with Gasteiger partial charge in [0.15, 0.2) is 0 Å². The lowest BCUT2D eigenvalue weighted by atomic mass is 10.1. The Balaban J connectivity index is 2.24. The summed E-state index contributed by atoms with van der Waals surface area (Å²) in [4.78, 5) is 0.735. The highest BCUT2D eigenvalue weighted by Gasteiger charge is 2.14. The third kappa shape index (κ3) is 3.03. The molecule has 0 aliphatic rings. The van der Waals surface area contributed by atoms with Crippen LogP contribution in [0.25, 0.3) is 10.2 Å². The smallest absolute Gasteiger partial charge is 0.285 e. The fourth-order valence-electron chi connectivity index (χ4n) is 2.56. The Morgan fingerprint density at radius 2 is 1.67 bits per heavy atom. The van der Waals surface area contributed by atoms with Crippen LogP contribution in [0.3, 0.4) is 0 Å². The molecule has 1 heterocycles. The standard InChI is InChI=1S/C18H20N2O2S2/c1-5-20-16-10-13(3)14(4)11-17(16)23-18(20)19-24(21,22)15-8-6-12(2)7-9-15/h6-11H,5H2,1-4H3/b19-18-. The lowest BCUT2D eigenvalue weighted by Gasteiger charge is -2.04. The van der Waals surface area contributed by atoms with Crippen molar-refractivity contribution < 1.29 is 8.42 Å². The predicted octanol–water partition coefficient (Wildman–Crippen LogP) is 3.94. The van der Waals surface area contributed by atoms with E-state index in [1.54, 1.807) is 24.3 Å². The predicted molar refractivity (Wildman–Crippen MR) is 98.9 cm³/mol. The molecule has 0 saturated heterocycles. The lowest BCUT2D eigenvalue weighted by Crippen LogP contribution is -2.16. The van der Waals surface area contributed by atoms with Crippen LogP contribution in [0.15, 0.2) is 45.7 Å². The minimum atomic E-state index is -3.72. The molecule has 0 atom stereocenters. The van der Waals surface area contributed by atoms with Gasteiger partial charge in [0.05, 0.1) is 15.1 Å². The van der Waals surface area contributed by atoms with Gasteiger partial charge in [0.25, 0.3) is 10.0 Å². The topological polar surface area (TPSA) is 51.4 Å². The quantitative estimate of drug-likeness (QED) is 0.710. The number of benzene rings is 2. The normalized spacial score (nSPS) is 12.9. The second kappa shape index (κ2) is 6.18. The molecule has 24 heavy (non-hydrogen) atoms. The van der Waals surface area contributed by atoms with Crippen molar-refractivity contribution in [1.82, 2.24) is 4.57 Å². The van der Waals surface area contributed by atoms with Crippen LogP contribution < -0.4 is 4.80 Å². The number of fused-ring (bicyclic) bond motifs is 1. The zero-order valence-electron chi connectivity index (χ0n) is 14.2. The Bertz CT molecular complexity index is 1070. The Kier molecular flexibility index (Phi) is 4.36. The Hall–Kier alpha value is -1.92. The molecule has 0 amide bonds. The first-order valence-corrected chi connectivity index (χ1v) is 10.1. The number of hydrogen-bond donors (Lipinski definition) is 0. The first-order valence-electron chi connectivity index (χ1n) is 7.80. The number of nitrogens with zero attached hydrogens (tertiary/aromatic N) is 2. The highest BCUT2D eigenvalue weighted by Crippen LogP contribution is 2.22. The highest BCUT2D eigenvalue weighted by molar-refractivity contribution is 7.90. The third-order valence-electron chi connectivity index (χ3n) is 4.13. The summed E-state index contributed by atoms with van der Waals surface area (Å²) >= 11 is 1.41. The van der Waals surface area contributed by atoms with E-state index in [4.69, 9.17) is 0 Å². The van der Waals surface area contributed by atoms with Gasteiger partial charge in [-0.2, -0.15) is 8.42 Å². The molecule has 3 aromatic rings. The minimum Gasteiger partial charge on any atom is -0.316 e. The maximum absolute atomic E-state index is 12.6. The van der Waals surface area contributed by atoms with Crippen molar-refractivity contribution >= 4 is 31.6 Å². The molecule has 0 aliphatic heterocycles. The zero-order valence-corrected chi connectivity index (χ0v) is 15.8. The van der Waals surface area contributed by atoms with Gasteiger partial charge in [0, 0.05) is 6.54 Å². The maximum Gasteiger partial charge on any atom is 0.285 e. The molecule has 0 aliphatic carbocycles. The van der Waals surface area contributed by atoms with Crippen LogP contribution in [0.2, 0.25) is 0 Å². The number of hydrogen-bond acceptors (Lipinski definition) is 3. The molecule has 2 aromatic carbocycles. The summed E-state index contributed by atoms with van der Waals surface area (Å²) in [6, 6.07) is 11.0. The summed E-state index contributed by atoms with van der Waals surface area (Å²) in [5, 5.41) is 0. The van der Waals surface area contributed by atoms with E-state index in [0.29, 0.717) is 11.3 Å². The SMILES string of the molecule is CCn1/c(=N/S(=O)(=O)c2ccc(C)cc2)sc2cc(C)c(C)cc21. The van der Waals surface area contributed by atoms with Crippen LogP contribution in [-0.2, 0) is 16.6 Å². The Morgan fingerprint density at radius 1 is 1.04 bits per heavy atom. The average Bonchev–Trinajstić information content (AvgIpc) is 2.83. The van der Waals surface area contributed by atoms with Crippen LogP contribution in [-0.4, -0.2) is 13.0 Å². The summed E-state index contributed by atoms with van der Waals surface area (Å²) in [5.74, 6) is 0. The van der Waals surface area contributed by atoms with Crippen molar-refractivity contribution in [1.29, 1.82) is 0 Å². The van der Waals surface area contributed by atoms with Crippen molar-refractivity contribution in [3.63, 3.8) is 0 Å². The fraction of sp³-hybridized carbons (Fsp3) is 0.278. The maximum atomic E-state index is 12.6. The molecule has 1 aromatic heterocycles. The van der Waals surface area contributed by atoms with Crippen molar-refractivity contribution in [3.8, 4) is 0 Å². The molecule has 0 saturated carbocycles. The molecule has 0 bridgehead atoms. The van der Waals surface area contributed by atoms with E-state index in [0.717, 1.165) is 15.8 Å². The fourth-order valence-corrected chi connectivity index (χ4v) is 4.94. The number of aromatic nitrogens is 1. The van der Waals surface area contributed by atoms with E-state index in [2.05, 4.69) is 30.4 Å². The van der Waals surface area contributed by atoms with Gasteiger partial charge in [0.2, 0.25) is 4.80 Å². The Morgan fingerprint density at radius 3 is 2.29 bits per heavy atom. The van der Waals surface area contributed by atoms with Gasteiger partial charge in [-0.3, -0.25) is 0 Å². The van der Waals surface area contributed by atoms with Crippen LogP contribution >= 0.6 is 11.3 Å². The number of sulfonamides is 1. The van der Waals surface area contributed by atoms with E-state index in [1.165, 1.54) is 22.5 Å². The van der Waals surface area contributed by atoms with E-state index in [9.17, 15) is 8.42 Å². The molecule has 4 nitrogen and oxygen atoms in total. The molecule has 0 radical (unpaired) electrons. The molecule has 0 N–H and O–H groups in total. The third-order valence-corrected chi connectivity index (χ3v) is 6.57. The molecule has 3 rings (SSSR count). The minimum absolute atomic E-state index is 0.223. The number of thiazole rings is 1. The Labute approximate surface area is 146 Å². The van der Waals surface area contributed by atoms with Gasteiger partial charge >= 0.3 is 0 Å². The van der Waals surface area contributed by atoms with Gasteiger partial charge in [-0.1, -0.05) is 29.0 Å². The van der Waals surface area contributed by atoms with Crippen LogP contribution in [0.5, 0.6) is 0 Å². The molecule has 6 heteroatoms. The van der Waals surface area contributed by atoms with Crippen LogP contribution in [0, 0.1) is 20.8 Å². The summed E-state index contributed by atoms with van der Waals surface area (Å²) in [6.07, 6.45) is 0. The molecule has 126 valence electrons. The van der Waals surface area contributed by atoms with E-state index in [1.807, 2.05) is 18.4 Å². The van der Waals surface area contributed by atoms with E-state index in [-0.39, 0.29) is 4.90 Å². The van der Waals surface area contributed by atoms with Gasteiger partial charge in [-0.15, -0.1) is 4.40 Å². The van der Waals surface area contributed by atoms with Crippen LogP contribution in [0.1, 0.15) is 23.6 Å². The van der Waals surface area contributed by atoms with Crippen molar-refractivity contribution in [3.05, 3.63) is 57.9 Å². The van der Waals surface area contributed by atoms with Gasteiger partial charge in [-0.25, -0.2) is 0 Å². The van der Waals surface area contributed by atoms with Crippen LogP contribution in [0.4, 0.5) is 0 Å². The van der Waals surface area contributed by atoms with Crippen molar-refractivity contribution in [2.24, 2.45) is 4.40 Å². The molecule has 0 fully saturated rings. The zero-order chi connectivity index (χ0) is 17.5. The first-order chi connectivity index (χ1) is 11.3. The van der Waals surface area contributed by atoms with Gasteiger partial charge in [-0.05, 0) is 63.1 Å². The molecule has 0 spiro atoms. The highest BCUT2D eigenvalue weighted by atomic mass is 32.2. The molecule has 0 unspecified atom stereocenters. The van der Waals surface area contributed by atoms with Crippen molar-refractivity contribution in [2.75, 3.05) is 0 Å². The summed E-state index contributed by atoms with van der Waals surface area (Å²) < 4.78 is 32.4.